The number of amides is 1. The highest BCUT2D eigenvalue weighted by Crippen LogP contribution is 2.27. The first-order valence-electron chi connectivity index (χ1n) is 8.42. The quantitative estimate of drug-likeness (QED) is 0.868. The first-order chi connectivity index (χ1) is 11.0. The molecule has 1 aromatic rings. The van der Waals surface area contributed by atoms with Gasteiger partial charge >= 0.3 is 0 Å². The second kappa shape index (κ2) is 8.20. The van der Waals surface area contributed by atoms with Gasteiger partial charge in [-0.25, -0.2) is 0 Å². The Kier molecular flexibility index (Phi) is 6.28. The molecule has 5 heteroatoms. The summed E-state index contributed by atoms with van der Waals surface area (Å²) >= 11 is 0. The number of nitrogens with two attached hydrogens (primary N) is 1. The van der Waals surface area contributed by atoms with Crippen LogP contribution in [-0.4, -0.2) is 40.7 Å². The third-order valence-corrected chi connectivity index (χ3v) is 4.72. The van der Waals surface area contributed by atoms with Crippen molar-refractivity contribution in [3.8, 4) is 0 Å². The van der Waals surface area contributed by atoms with E-state index in [0.717, 1.165) is 31.5 Å². The molecule has 1 aliphatic rings. The number of nitrogens with zero attached hydrogens (tertiary/aromatic N) is 2. The van der Waals surface area contributed by atoms with E-state index in [1.165, 1.54) is 0 Å². The number of piperidine rings is 1. The molecule has 23 heavy (non-hydrogen) atoms. The molecule has 0 aromatic carbocycles. The van der Waals surface area contributed by atoms with E-state index >= 15 is 0 Å². The third-order valence-electron chi connectivity index (χ3n) is 4.72. The Balaban J connectivity index is 1.77. The van der Waals surface area contributed by atoms with Gasteiger partial charge in [0.05, 0.1) is 6.04 Å². The number of hydrogen-bond donors (Lipinski definition) is 1. The van der Waals surface area contributed by atoms with Crippen molar-refractivity contribution in [2.24, 2.45) is 17.6 Å². The number of carbonyl (C=O) groups excluding carboxylic acids is 2. The largest absolute Gasteiger partial charge is 0.341 e. The summed E-state index contributed by atoms with van der Waals surface area (Å²) in [4.78, 5) is 30.0. The Morgan fingerprint density at radius 3 is 2.61 bits per heavy atom. The van der Waals surface area contributed by atoms with E-state index < -0.39 is 6.04 Å². The molecule has 1 aromatic heterocycles. The van der Waals surface area contributed by atoms with Gasteiger partial charge in [0, 0.05) is 38.3 Å². The predicted molar refractivity (Wildman–Crippen MR) is 89.7 cm³/mol. The van der Waals surface area contributed by atoms with Crippen LogP contribution >= 0.6 is 0 Å². The smallest absolute Gasteiger partial charge is 0.239 e. The highest BCUT2D eigenvalue weighted by molar-refractivity contribution is 5.81. The van der Waals surface area contributed by atoms with E-state index in [4.69, 9.17) is 5.73 Å². The molecule has 2 rings (SSSR count). The van der Waals surface area contributed by atoms with Crippen molar-refractivity contribution in [1.29, 1.82) is 0 Å². The first kappa shape index (κ1) is 17.6. The maximum absolute atomic E-state index is 12.2. The van der Waals surface area contributed by atoms with Crippen LogP contribution in [0.25, 0.3) is 0 Å². The van der Waals surface area contributed by atoms with Crippen LogP contribution in [0.5, 0.6) is 0 Å². The Labute approximate surface area is 138 Å². The molecule has 1 unspecified atom stereocenters. The van der Waals surface area contributed by atoms with E-state index in [0.29, 0.717) is 24.7 Å². The van der Waals surface area contributed by atoms with Crippen LogP contribution in [0.1, 0.15) is 38.7 Å². The molecule has 0 bridgehead atoms. The molecule has 1 saturated heterocycles. The van der Waals surface area contributed by atoms with Gasteiger partial charge in [-0.2, -0.15) is 0 Å². The van der Waals surface area contributed by atoms with Gasteiger partial charge in [-0.3, -0.25) is 14.6 Å². The van der Waals surface area contributed by atoms with Gasteiger partial charge in [-0.05, 0) is 43.2 Å². The van der Waals surface area contributed by atoms with Crippen LogP contribution in [0.3, 0.4) is 0 Å². The van der Waals surface area contributed by atoms with Crippen molar-refractivity contribution in [1.82, 2.24) is 9.88 Å². The number of aromatic nitrogens is 1. The summed E-state index contributed by atoms with van der Waals surface area (Å²) in [5, 5.41) is 0. The second-order valence-corrected chi connectivity index (χ2v) is 6.71. The maximum atomic E-state index is 12.2. The summed E-state index contributed by atoms with van der Waals surface area (Å²) in [7, 11) is 0. The SMILES string of the molecule is CC(CC(=O)Cc1cccnc1)C1CCN(C(=O)[C@H](C)N)CC1. The van der Waals surface area contributed by atoms with Gasteiger partial charge in [0.1, 0.15) is 5.78 Å². The van der Waals surface area contributed by atoms with Crippen molar-refractivity contribution in [3.63, 3.8) is 0 Å². The summed E-state index contributed by atoms with van der Waals surface area (Å²) in [5.41, 5.74) is 6.63. The molecule has 1 amide bonds. The van der Waals surface area contributed by atoms with Crippen LogP contribution in [0.4, 0.5) is 0 Å². The lowest BCUT2D eigenvalue weighted by Gasteiger charge is -2.35. The lowest BCUT2D eigenvalue weighted by atomic mass is 9.82. The molecule has 0 spiro atoms. The fourth-order valence-corrected chi connectivity index (χ4v) is 3.31. The third kappa shape index (κ3) is 5.13. The van der Waals surface area contributed by atoms with Gasteiger partial charge in [-0.1, -0.05) is 13.0 Å². The Bertz CT molecular complexity index is 522. The zero-order valence-corrected chi connectivity index (χ0v) is 14.1. The fraction of sp³-hybridized carbons (Fsp3) is 0.611. The Hall–Kier alpha value is -1.75. The molecular weight excluding hydrogens is 290 g/mol. The van der Waals surface area contributed by atoms with Gasteiger partial charge < -0.3 is 10.6 Å². The van der Waals surface area contributed by atoms with Gasteiger partial charge in [0.2, 0.25) is 5.91 Å². The van der Waals surface area contributed by atoms with Gasteiger partial charge in [0.15, 0.2) is 0 Å². The normalized spacial score (nSPS) is 18.5. The van der Waals surface area contributed by atoms with Crippen molar-refractivity contribution in [3.05, 3.63) is 30.1 Å². The predicted octanol–water partition coefficient (Wildman–Crippen LogP) is 1.81. The Morgan fingerprint density at radius 2 is 2.04 bits per heavy atom. The van der Waals surface area contributed by atoms with E-state index in [9.17, 15) is 9.59 Å². The standard InChI is InChI=1S/C18H27N3O2/c1-13(10-17(22)11-15-4-3-7-20-12-15)16-5-8-21(9-6-16)18(23)14(2)19/h3-4,7,12-14,16H,5-6,8-11,19H2,1-2H3/t13?,14-/m0/s1. The average molecular weight is 317 g/mol. The molecule has 0 aliphatic carbocycles. The van der Waals surface area contributed by atoms with Gasteiger partial charge in [0.25, 0.3) is 0 Å². The molecule has 1 aliphatic heterocycles. The maximum Gasteiger partial charge on any atom is 0.239 e. The number of ketones is 1. The fourth-order valence-electron chi connectivity index (χ4n) is 3.31. The number of hydrogen-bond acceptors (Lipinski definition) is 4. The van der Waals surface area contributed by atoms with Crippen LogP contribution in [0.2, 0.25) is 0 Å². The molecule has 5 nitrogen and oxygen atoms in total. The monoisotopic (exact) mass is 317 g/mol. The summed E-state index contributed by atoms with van der Waals surface area (Å²) in [6, 6.07) is 3.37. The number of Topliss-reactive ketones (excluding diaryl/α,β-unsaturated/α-hetero) is 1. The van der Waals surface area contributed by atoms with Crippen molar-refractivity contribution >= 4 is 11.7 Å². The van der Waals surface area contributed by atoms with E-state index in [1.807, 2.05) is 17.0 Å². The lowest BCUT2D eigenvalue weighted by Crippen LogP contribution is -2.46. The van der Waals surface area contributed by atoms with E-state index in [-0.39, 0.29) is 11.7 Å². The van der Waals surface area contributed by atoms with Crippen LogP contribution < -0.4 is 5.73 Å². The van der Waals surface area contributed by atoms with Gasteiger partial charge in [-0.15, -0.1) is 0 Å². The lowest BCUT2D eigenvalue weighted by molar-refractivity contribution is -0.134. The number of pyridine rings is 1. The van der Waals surface area contributed by atoms with E-state index in [2.05, 4.69) is 11.9 Å². The molecule has 2 atom stereocenters. The minimum absolute atomic E-state index is 0.0313. The summed E-state index contributed by atoms with van der Waals surface area (Å²) in [6.45, 7) is 5.39. The minimum atomic E-state index is -0.426. The molecule has 2 heterocycles. The van der Waals surface area contributed by atoms with Crippen molar-refractivity contribution < 1.29 is 9.59 Å². The van der Waals surface area contributed by atoms with Crippen molar-refractivity contribution in [2.75, 3.05) is 13.1 Å². The molecule has 0 radical (unpaired) electrons. The topological polar surface area (TPSA) is 76.3 Å². The number of carbonyl (C=O) groups is 2. The van der Waals surface area contributed by atoms with Crippen molar-refractivity contribution in [2.45, 2.75) is 45.6 Å². The number of rotatable bonds is 6. The minimum Gasteiger partial charge on any atom is -0.341 e. The molecule has 0 saturated carbocycles. The average Bonchev–Trinajstić information content (AvgIpc) is 2.55. The zero-order valence-electron chi connectivity index (χ0n) is 14.1. The zero-order chi connectivity index (χ0) is 16.8. The van der Waals surface area contributed by atoms with Crippen LogP contribution in [-0.2, 0) is 16.0 Å². The molecule has 2 N–H and O–H groups in total. The van der Waals surface area contributed by atoms with E-state index in [1.54, 1.807) is 19.3 Å². The highest BCUT2D eigenvalue weighted by atomic mass is 16.2. The van der Waals surface area contributed by atoms with Crippen LogP contribution in [0.15, 0.2) is 24.5 Å². The summed E-state index contributed by atoms with van der Waals surface area (Å²) < 4.78 is 0. The molecular formula is C18H27N3O2. The molecule has 1 fully saturated rings. The Morgan fingerprint density at radius 1 is 1.35 bits per heavy atom. The summed E-state index contributed by atoms with van der Waals surface area (Å²) in [5.74, 6) is 1.15. The second-order valence-electron chi connectivity index (χ2n) is 6.71. The molecule has 126 valence electrons. The van der Waals surface area contributed by atoms with Crippen LogP contribution in [0, 0.1) is 11.8 Å². The highest BCUT2D eigenvalue weighted by Gasteiger charge is 2.28. The summed E-state index contributed by atoms with van der Waals surface area (Å²) in [6.07, 6.45) is 6.44. The number of likely N-dealkylation sites (tertiary alicyclic amines) is 1. The first-order valence-corrected chi connectivity index (χ1v) is 8.42.